The molecule has 0 aliphatic carbocycles. The van der Waals surface area contributed by atoms with Crippen LogP contribution in [0.25, 0.3) is 0 Å². The van der Waals surface area contributed by atoms with E-state index in [-0.39, 0.29) is 12.5 Å². The van der Waals surface area contributed by atoms with E-state index in [9.17, 15) is 9.59 Å². The van der Waals surface area contributed by atoms with Crippen LogP contribution in [0.15, 0.2) is 22.7 Å². The highest BCUT2D eigenvalue weighted by Gasteiger charge is 2.17. The van der Waals surface area contributed by atoms with Gasteiger partial charge >= 0.3 is 0 Å². The Labute approximate surface area is 122 Å². The van der Waals surface area contributed by atoms with Gasteiger partial charge in [0.15, 0.2) is 0 Å². The zero-order chi connectivity index (χ0) is 14.4. The molecule has 0 heterocycles. The molecule has 0 aromatic heterocycles. The molecule has 0 saturated heterocycles. The predicted octanol–water partition coefficient (Wildman–Crippen LogP) is 2.49. The van der Waals surface area contributed by atoms with Crippen molar-refractivity contribution in [1.29, 1.82) is 0 Å². The molecule has 5 heteroatoms. The molecule has 0 aliphatic heterocycles. The van der Waals surface area contributed by atoms with E-state index in [2.05, 4.69) is 15.9 Å². The lowest BCUT2D eigenvalue weighted by atomic mass is 10.1. The van der Waals surface area contributed by atoms with E-state index in [1.54, 1.807) is 6.07 Å². The lowest BCUT2D eigenvalue weighted by Crippen LogP contribution is -2.39. The molecule has 0 saturated carbocycles. The number of nitrogens with two attached hydrogens (primary N) is 1. The molecule has 4 nitrogen and oxygen atoms in total. The van der Waals surface area contributed by atoms with E-state index in [4.69, 9.17) is 5.73 Å². The van der Waals surface area contributed by atoms with Crippen molar-refractivity contribution >= 4 is 27.7 Å². The van der Waals surface area contributed by atoms with Crippen molar-refractivity contribution in [2.24, 2.45) is 5.73 Å². The second-order valence-corrected chi connectivity index (χ2v) is 5.36. The lowest BCUT2D eigenvalue weighted by molar-refractivity contribution is -0.118. The summed E-state index contributed by atoms with van der Waals surface area (Å²) in [6.07, 6.45) is 1.82. The maximum absolute atomic E-state index is 12.4. The van der Waals surface area contributed by atoms with Crippen LogP contribution in [0.4, 0.5) is 0 Å². The standard InChI is InChI=1S/C14H19BrN2O2/c1-3-4-7-17(9-13(16)18)14(19)11-5-6-12(15)10(2)8-11/h5-6,8H,3-4,7,9H2,1-2H3,(H2,16,18). The van der Waals surface area contributed by atoms with E-state index < -0.39 is 5.91 Å². The van der Waals surface area contributed by atoms with Gasteiger partial charge in [0.25, 0.3) is 5.91 Å². The second kappa shape index (κ2) is 7.28. The summed E-state index contributed by atoms with van der Waals surface area (Å²) in [7, 11) is 0. The Balaban J connectivity index is 2.90. The van der Waals surface area contributed by atoms with Gasteiger partial charge in [-0.25, -0.2) is 0 Å². The van der Waals surface area contributed by atoms with Crippen molar-refractivity contribution in [3.05, 3.63) is 33.8 Å². The summed E-state index contributed by atoms with van der Waals surface area (Å²) in [5, 5.41) is 0. The number of nitrogens with zero attached hydrogens (tertiary/aromatic N) is 1. The summed E-state index contributed by atoms with van der Waals surface area (Å²) in [6, 6.07) is 5.40. The average Bonchev–Trinajstić information content (AvgIpc) is 2.36. The summed E-state index contributed by atoms with van der Waals surface area (Å²) in [5.74, 6) is -0.638. The molecule has 0 fully saturated rings. The highest BCUT2D eigenvalue weighted by Crippen LogP contribution is 2.18. The van der Waals surface area contributed by atoms with Crippen molar-refractivity contribution in [3.63, 3.8) is 0 Å². The highest BCUT2D eigenvalue weighted by molar-refractivity contribution is 9.10. The SMILES string of the molecule is CCCCN(CC(N)=O)C(=O)c1ccc(Br)c(C)c1. The van der Waals surface area contributed by atoms with Crippen LogP contribution in [0, 0.1) is 6.92 Å². The number of carbonyl (C=O) groups is 2. The molecule has 0 atom stereocenters. The third-order valence-corrected chi connectivity index (χ3v) is 3.71. The molecule has 1 aromatic rings. The topological polar surface area (TPSA) is 63.4 Å². The minimum atomic E-state index is -0.488. The number of unbranched alkanes of at least 4 members (excludes halogenated alkanes) is 1. The summed E-state index contributed by atoms with van der Waals surface area (Å²) >= 11 is 3.40. The number of rotatable bonds is 6. The highest BCUT2D eigenvalue weighted by atomic mass is 79.9. The largest absolute Gasteiger partial charge is 0.368 e. The molecule has 0 bridgehead atoms. The van der Waals surface area contributed by atoms with Crippen LogP contribution in [0.3, 0.4) is 0 Å². The normalized spacial score (nSPS) is 10.3. The third-order valence-electron chi connectivity index (χ3n) is 2.82. The maximum Gasteiger partial charge on any atom is 0.254 e. The van der Waals surface area contributed by atoms with Gasteiger partial charge < -0.3 is 10.6 Å². The van der Waals surface area contributed by atoms with Crippen molar-refractivity contribution in [2.45, 2.75) is 26.7 Å². The minimum absolute atomic E-state index is 0.0338. The monoisotopic (exact) mass is 326 g/mol. The van der Waals surface area contributed by atoms with Gasteiger partial charge in [-0.2, -0.15) is 0 Å². The van der Waals surface area contributed by atoms with Crippen LogP contribution < -0.4 is 5.73 Å². The molecule has 104 valence electrons. The zero-order valence-corrected chi connectivity index (χ0v) is 12.9. The molecular weight excluding hydrogens is 308 g/mol. The van der Waals surface area contributed by atoms with E-state index in [1.807, 2.05) is 26.0 Å². The number of carbonyl (C=O) groups excluding carboxylic acids is 2. The fraction of sp³-hybridized carbons (Fsp3) is 0.429. The Hall–Kier alpha value is -1.36. The first kappa shape index (κ1) is 15.7. The lowest BCUT2D eigenvalue weighted by Gasteiger charge is -2.21. The fourth-order valence-electron chi connectivity index (χ4n) is 1.75. The van der Waals surface area contributed by atoms with Crippen LogP contribution in [0.2, 0.25) is 0 Å². The average molecular weight is 327 g/mol. The Morgan fingerprint density at radius 3 is 2.58 bits per heavy atom. The molecule has 2 N–H and O–H groups in total. The van der Waals surface area contributed by atoms with E-state index in [0.717, 1.165) is 22.9 Å². The number of hydrogen-bond donors (Lipinski definition) is 1. The van der Waals surface area contributed by atoms with Crippen LogP contribution in [0.5, 0.6) is 0 Å². The fourth-order valence-corrected chi connectivity index (χ4v) is 2.00. The molecule has 19 heavy (non-hydrogen) atoms. The number of amides is 2. The number of primary amides is 1. The maximum atomic E-state index is 12.4. The Bertz CT molecular complexity index is 475. The summed E-state index contributed by atoms with van der Waals surface area (Å²) in [5.41, 5.74) is 6.76. The van der Waals surface area contributed by atoms with Crippen molar-refractivity contribution in [3.8, 4) is 0 Å². The van der Waals surface area contributed by atoms with Gasteiger partial charge in [0, 0.05) is 16.6 Å². The van der Waals surface area contributed by atoms with Gasteiger partial charge in [0.2, 0.25) is 5.91 Å². The van der Waals surface area contributed by atoms with Gasteiger partial charge in [-0.15, -0.1) is 0 Å². The number of hydrogen-bond acceptors (Lipinski definition) is 2. The van der Waals surface area contributed by atoms with Crippen molar-refractivity contribution < 1.29 is 9.59 Å². The first-order chi connectivity index (χ1) is 8.95. The predicted molar refractivity (Wildman–Crippen MR) is 78.9 cm³/mol. The summed E-state index contributed by atoms with van der Waals surface area (Å²) in [6.45, 7) is 4.48. The van der Waals surface area contributed by atoms with Crippen molar-refractivity contribution in [1.82, 2.24) is 4.90 Å². The molecule has 1 aromatic carbocycles. The molecule has 2 amide bonds. The van der Waals surface area contributed by atoms with Gasteiger partial charge in [-0.3, -0.25) is 9.59 Å². The van der Waals surface area contributed by atoms with Gasteiger partial charge in [0.1, 0.15) is 0 Å². The Morgan fingerprint density at radius 1 is 1.37 bits per heavy atom. The Morgan fingerprint density at radius 2 is 2.05 bits per heavy atom. The Kier molecular flexibility index (Phi) is 6.02. The first-order valence-electron chi connectivity index (χ1n) is 6.29. The van der Waals surface area contributed by atoms with Crippen LogP contribution in [-0.2, 0) is 4.79 Å². The van der Waals surface area contributed by atoms with Gasteiger partial charge in [0.05, 0.1) is 6.54 Å². The molecule has 0 aliphatic rings. The third kappa shape index (κ3) is 4.67. The van der Waals surface area contributed by atoms with E-state index >= 15 is 0 Å². The minimum Gasteiger partial charge on any atom is -0.368 e. The molecular formula is C14H19BrN2O2. The quantitative estimate of drug-likeness (QED) is 0.872. The zero-order valence-electron chi connectivity index (χ0n) is 11.3. The number of halogens is 1. The molecule has 0 unspecified atom stereocenters. The van der Waals surface area contributed by atoms with Gasteiger partial charge in [-0.05, 0) is 37.1 Å². The number of aryl methyl sites for hydroxylation is 1. The smallest absolute Gasteiger partial charge is 0.254 e. The van der Waals surface area contributed by atoms with Gasteiger partial charge in [-0.1, -0.05) is 29.3 Å². The van der Waals surface area contributed by atoms with Crippen LogP contribution in [-0.4, -0.2) is 29.8 Å². The van der Waals surface area contributed by atoms with Crippen LogP contribution in [0.1, 0.15) is 35.7 Å². The summed E-state index contributed by atoms with van der Waals surface area (Å²) < 4.78 is 0.957. The van der Waals surface area contributed by atoms with Crippen LogP contribution >= 0.6 is 15.9 Å². The first-order valence-corrected chi connectivity index (χ1v) is 7.08. The molecule has 0 radical (unpaired) electrons. The second-order valence-electron chi connectivity index (χ2n) is 4.51. The number of benzene rings is 1. The molecule has 0 spiro atoms. The van der Waals surface area contributed by atoms with E-state index in [0.29, 0.717) is 12.1 Å². The van der Waals surface area contributed by atoms with E-state index in [1.165, 1.54) is 4.90 Å². The molecule has 1 rings (SSSR count). The van der Waals surface area contributed by atoms with Crippen molar-refractivity contribution in [2.75, 3.05) is 13.1 Å². The summed E-state index contributed by atoms with van der Waals surface area (Å²) in [4.78, 5) is 24.9.